The number of nitrogens with one attached hydrogen (secondary N) is 1. The Balaban J connectivity index is 1.12. The fourth-order valence-corrected chi connectivity index (χ4v) is 7.33. The molecule has 0 radical (unpaired) electrons. The van der Waals surface area contributed by atoms with E-state index in [0.29, 0.717) is 23.6 Å². The van der Waals surface area contributed by atoms with E-state index >= 15 is 0 Å². The van der Waals surface area contributed by atoms with Crippen LogP contribution >= 0.6 is 11.6 Å². The van der Waals surface area contributed by atoms with E-state index in [9.17, 15) is 9.59 Å². The highest BCUT2D eigenvalue weighted by molar-refractivity contribution is 6.30. The van der Waals surface area contributed by atoms with Gasteiger partial charge in [-0.15, -0.1) is 0 Å². The SMILES string of the molecule is CNC(=O)C1CCN(C2CCN(C(=O)c3ncnc(CCC4CCCC(c5ccc(Cl)cc5)C4)c3C)CC2)CC1. The van der Waals surface area contributed by atoms with Crippen molar-refractivity contribution in [3.05, 3.63) is 58.1 Å². The number of hydrogen-bond donors (Lipinski definition) is 1. The molecule has 1 saturated carbocycles. The Hall–Kier alpha value is -2.51. The molecule has 40 heavy (non-hydrogen) atoms. The Morgan fingerprint density at radius 3 is 2.40 bits per heavy atom. The maximum Gasteiger partial charge on any atom is 0.272 e. The summed E-state index contributed by atoms with van der Waals surface area (Å²) in [5, 5.41) is 3.59. The molecule has 3 heterocycles. The van der Waals surface area contributed by atoms with Gasteiger partial charge in [-0.3, -0.25) is 9.59 Å². The smallest absolute Gasteiger partial charge is 0.272 e. The van der Waals surface area contributed by atoms with Gasteiger partial charge in [-0.2, -0.15) is 0 Å². The van der Waals surface area contributed by atoms with E-state index < -0.39 is 0 Å². The second kappa shape index (κ2) is 13.4. The summed E-state index contributed by atoms with van der Waals surface area (Å²) in [4.78, 5) is 39.0. The molecule has 1 aromatic carbocycles. The van der Waals surface area contributed by atoms with Crippen LogP contribution in [0.3, 0.4) is 0 Å². The minimum atomic E-state index is 0.0402. The lowest BCUT2D eigenvalue weighted by molar-refractivity contribution is -0.126. The third kappa shape index (κ3) is 6.85. The van der Waals surface area contributed by atoms with E-state index in [2.05, 4.69) is 32.3 Å². The molecule has 0 spiro atoms. The summed E-state index contributed by atoms with van der Waals surface area (Å²) in [6, 6.07) is 8.86. The van der Waals surface area contributed by atoms with Crippen LogP contribution in [0.25, 0.3) is 0 Å². The number of amides is 2. The molecule has 1 N–H and O–H groups in total. The maximum absolute atomic E-state index is 13.5. The van der Waals surface area contributed by atoms with Crippen LogP contribution in [-0.4, -0.2) is 70.9 Å². The molecule has 2 aliphatic heterocycles. The number of carbonyl (C=O) groups excluding carboxylic acids is 2. The number of benzene rings is 1. The lowest BCUT2D eigenvalue weighted by atomic mass is 9.76. The zero-order valence-electron chi connectivity index (χ0n) is 24.1. The van der Waals surface area contributed by atoms with Crippen molar-refractivity contribution in [1.82, 2.24) is 25.1 Å². The predicted molar refractivity (Wildman–Crippen MR) is 159 cm³/mol. The molecule has 3 fully saturated rings. The fraction of sp³-hybridized carbons (Fsp3) is 0.625. The van der Waals surface area contributed by atoms with Crippen LogP contribution in [0.5, 0.6) is 0 Å². The van der Waals surface area contributed by atoms with Crippen LogP contribution in [0.4, 0.5) is 0 Å². The van der Waals surface area contributed by atoms with E-state index in [0.717, 1.165) is 81.0 Å². The average molecular weight is 566 g/mol. The van der Waals surface area contributed by atoms with Crippen LogP contribution in [0.15, 0.2) is 30.6 Å². The highest BCUT2D eigenvalue weighted by atomic mass is 35.5. The van der Waals surface area contributed by atoms with Crippen LogP contribution in [0.2, 0.25) is 5.02 Å². The van der Waals surface area contributed by atoms with Crippen molar-refractivity contribution in [2.45, 2.75) is 83.1 Å². The third-order valence-electron chi connectivity index (χ3n) is 9.72. The number of aryl methyl sites for hydroxylation is 1. The first-order chi connectivity index (χ1) is 19.4. The van der Waals surface area contributed by atoms with Crippen molar-refractivity contribution in [3.63, 3.8) is 0 Å². The minimum Gasteiger partial charge on any atom is -0.359 e. The molecule has 5 rings (SSSR count). The summed E-state index contributed by atoms with van der Waals surface area (Å²) in [7, 11) is 1.72. The second-order valence-electron chi connectivity index (χ2n) is 12.1. The van der Waals surface area contributed by atoms with E-state index in [1.165, 1.54) is 31.2 Å². The van der Waals surface area contributed by atoms with Gasteiger partial charge in [0, 0.05) is 48.4 Å². The number of hydrogen-bond acceptors (Lipinski definition) is 5. The van der Waals surface area contributed by atoms with Crippen molar-refractivity contribution in [2.24, 2.45) is 11.8 Å². The minimum absolute atomic E-state index is 0.0402. The highest BCUT2D eigenvalue weighted by Gasteiger charge is 2.32. The zero-order valence-corrected chi connectivity index (χ0v) is 24.8. The molecule has 2 saturated heterocycles. The van der Waals surface area contributed by atoms with Crippen molar-refractivity contribution >= 4 is 23.4 Å². The standard InChI is InChI=1S/C32H44ClN5O2/c1-22-29(11-6-23-4-3-5-26(20-23)24-7-9-27(33)10-8-24)35-21-36-30(22)32(40)38-18-14-28(15-19-38)37-16-12-25(13-17-37)31(39)34-2/h7-10,21,23,25-26,28H,3-6,11-20H2,1-2H3,(H,34,39). The lowest BCUT2D eigenvalue weighted by Gasteiger charge is -2.41. The van der Waals surface area contributed by atoms with Crippen LogP contribution in [0.1, 0.15) is 91.0 Å². The summed E-state index contributed by atoms with van der Waals surface area (Å²) in [6.45, 7) is 5.46. The Morgan fingerprint density at radius 2 is 1.70 bits per heavy atom. The molecular weight excluding hydrogens is 522 g/mol. The molecule has 2 atom stereocenters. The normalized spacial score (nSPS) is 23.2. The van der Waals surface area contributed by atoms with Gasteiger partial charge in [-0.05, 0) is 101 Å². The average Bonchev–Trinajstić information content (AvgIpc) is 3.00. The molecule has 3 aliphatic rings. The molecular formula is C32H44ClN5O2. The van der Waals surface area contributed by atoms with Gasteiger partial charge in [-0.25, -0.2) is 9.97 Å². The third-order valence-corrected chi connectivity index (χ3v) is 9.97. The van der Waals surface area contributed by atoms with Crippen molar-refractivity contribution in [3.8, 4) is 0 Å². The van der Waals surface area contributed by atoms with Crippen LogP contribution in [-0.2, 0) is 11.2 Å². The second-order valence-corrected chi connectivity index (χ2v) is 12.5. The van der Waals surface area contributed by atoms with E-state index in [1.807, 2.05) is 24.0 Å². The van der Waals surface area contributed by atoms with E-state index in [4.69, 9.17) is 11.6 Å². The molecule has 0 bridgehead atoms. The van der Waals surface area contributed by atoms with Crippen molar-refractivity contribution in [2.75, 3.05) is 33.2 Å². The fourth-order valence-electron chi connectivity index (χ4n) is 7.20. The molecule has 1 aliphatic carbocycles. The van der Waals surface area contributed by atoms with Gasteiger partial charge in [-0.1, -0.05) is 36.6 Å². The topological polar surface area (TPSA) is 78.4 Å². The molecule has 2 unspecified atom stereocenters. The van der Waals surface area contributed by atoms with Gasteiger partial charge in [0.25, 0.3) is 5.91 Å². The number of rotatable bonds is 7. The number of piperidine rings is 2. The Kier molecular flexibility index (Phi) is 9.74. The molecule has 216 valence electrons. The largest absolute Gasteiger partial charge is 0.359 e. The number of nitrogens with zero attached hydrogens (tertiary/aromatic N) is 4. The number of aromatic nitrogens is 2. The summed E-state index contributed by atoms with van der Waals surface area (Å²) in [6.07, 6.45) is 12.3. The van der Waals surface area contributed by atoms with Gasteiger partial charge in [0.2, 0.25) is 5.91 Å². The van der Waals surface area contributed by atoms with Gasteiger partial charge in [0.05, 0.1) is 0 Å². The van der Waals surface area contributed by atoms with Crippen molar-refractivity contribution < 1.29 is 9.59 Å². The van der Waals surface area contributed by atoms with Gasteiger partial charge < -0.3 is 15.1 Å². The molecule has 2 aromatic rings. The number of halogens is 1. The maximum atomic E-state index is 13.5. The Morgan fingerprint density at radius 1 is 0.975 bits per heavy atom. The highest BCUT2D eigenvalue weighted by Crippen LogP contribution is 2.38. The first kappa shape index (κ1) is 29.0. The summed E-state index contributed by atoms with van der Waals surface area (Å²) in [5.74, 6) is 1.62. The molecule has 8 heteroatoms. The first-order valence-electron chi connectivity index (χ1n) is 15.2. The predicted octanol–water partition coefficient (Wildman–Crippen LogP) is 5.41. The Labute approximate surface area is 244 Å². The zero-order chi connectivity index (χ0) is 28.1. The van der Waals surface area contributed by atoms with Crippen LogP contribution < -0.4 is 5.32 Å². The van der Waals surface area contributed by atoms with Gasteiger partial charge in [0.15, 0.2) is 0 Å². The number of carbonyl (C=O) groups is 2. The van der Waals surface area contributed by atoms with Gasteiger partial charge in [0.1, 0.15) is 12.0 Å². The van der Waals surface area contributed by atoms with E-state index in [1.54, 1.807) is 13.4 Å². The van der Waals surface area contributed by atoms with Gasteiger partial charge >= 0.3 is 0 Å². The summed E-state index contributed by atoms with van der Waals surface area (Å²) < 4.78 is 0. The lowest BCUT2D eigenvalue weighted by Crippen LogP contribution is -2.50. The Bertz CT molecular complexity index is 1160. The molecule has 7 nitrogen and oxygen atoms in total. The first-order valence-corrected chi connectivity index (χ1v) is 15.6. The summed E-state index contributed by atoms with van der Waals surface area (Å²) >= 11 is 6.10. The van der Waals surface area contributed by atoms with E-state index in [-0.39, 0.29) is 17.7 Å². The van der Waals surface area contributed by atoms with Crippen molar-refractivity contribution in [1.29, 1.82) is 0 Å². The molecule has 2 amide bonds. The summed E-state index contributed by atoms with van der Waals surface area (Å²) in [5.41, 5.74) is 3.92. The molecule has 1 aromatic heterocycles. The monoisotopic (exact) mass is 565 g/mol. The quantitative estimate of drug-likeness (QED) is 0.486. The van der Waals surface area contributed by atoms with Crippen LogP contribution in [0, 0.1) is 18.8 Å². The number of likely N-dealkylation sites (tertiary alicyclic amines) is 2.